The molecule has 1 N–H and O–H groups in total. The van der Waals surface area contributed by atoms with E-state index >= 15 is 0 Å². The Morgan fingerprint density at radius 3 is 2.56 bits per heavy atom. The predicted octanol–water partition coefficient (Wildman–Crippen LogP) is 2.23. The molecule has 0 saturated heterocycles. The normalized spacial score (nSPS) is 12.3. The lowest BCUT2D eigenvalue weighted by atomic mass is 10.1. The van der Waals surface area contributed by atoms with Gasteiger partial charge in [0.25, 0.3) is 5.56 Å². The highest BCUT2D eigenvalue weighted by Gasteiger charge is 2.14. The van der Waals surface area contributed by atoms with Crippen molar-refractivity contribution < 1.29 is 4.79 Å². The molecule has 25 heavy (non-hydrogen) atoms. The molecule has 0 spiro atoms. The highest BCUT2D eigenvalue weighted by atomic mass is 16.2. The standard InChI is InChI=1S/C19H22N4O2/c1-12-5-7-15(8-6-12)13(2)20-17(24)11-23-10-9-16-14(3)21-22(4)18(16)19(23)25/h5-10,13H,11H2,1-4H3,(H,20,24). The van der Waals surface area contributed by atoms with E-state index in [0.717, 1.165) is 16.6 Å². The van der Waals surface area contributed by atoms with Crippen LogP contribution in [0.3, 0.4) is 0 Å². The maximum atomic E-state index is 12.6. The van der Waals surface area contributed by atoms with Gasteiger partial charge in [-0.3, -0.25) is 14.3 Å². The highest BCUT2D eigenvalue weighted by molar-refractivity contribution is 5.81. The number of carbonyl (C=O) groups excluding carboxylic acids is 1. The van der Waals surface area contributed by atoms with Crippen molar-refractivity contribution in [3.63, 3.8) is 0 Å². The fourth-order valence-corrected chi connectivity index (χ4v) is 3.00. The van der Waals surface area contributed by atoms with Gasteiger partial charge >= 0.3 is 0 Å². The molecule has 1 atom stereocenters. The summed E-state index contributed by atoms with van der Waals surface area (Å²) in [7, 11) is 1.74. The summed E-state index contributed by atoms with van der Waals surface area (Å²) in [5.41, 5.74) is 3.31. The second kappa shape index (κ2) is 6.55. The molecule has 1 aromatic carbocycles. The molecule has 3 rings (SSSR count). The third-order valence-corrected chi connectivity index (χ3v) is 4.42. The number of rotatable bonds is 4. The molecule has 2 aromatic heterocycles. The second-order valence-corrected chi connectivity index (χ2v) is 6.42. The van der Waals surface area contributed by atoms with E-state index in [2.05, 4.69) is 10.4 Å². The SMILES string of the molecule is Cc1ccc(C(C)NC(=O)Cn2ccc3c(C)nn(C)c3c2=O)cc1. The van der Waals surface area contributed by atoms with Crippen molar-refractivity contribution in [2.75, 3.05) is 0 Å². The lowest BCUT2D eigenvalue weighted by molar-refractivity contribution is -0.122. The van der Waals surface area contributed by atoms with Crippen LogP contribution in [0.25, 0.3) is 10.9 Å². The number of aromatic nitrogens is 3. The van der Waals surface area contributed by atoms with Crippen LogP contribution in [-0.4, -0.2) is 20.3 Å². The van der Waals surface area contributed by atoms with Crippen LogP contribution < -0.4 is 10.9 Å². The van der Waals surface area contributed by atoms with E-state index in [1.165, 1.54) is 10.1 Å². The van der Waals surface area contributed by atoms with Crippen LogP contribution in [0.4, 0.5) is 0 Å². The first-order chi connectivity index (χ1) is 11.9. The third-order valence-electron chi connectivity index (χ3n) is 4.42. The van der Waals surface area contributed by atoms with Gasteiger partial charge in [-0.25, -0.2) is 0 Å². The summed E-state index contributed by atoms with van der Waals surface area (Å²) in [4.78, 5) is 25.0. The van der Waals surface area contributed by atoms with E-state index in [1.807, 2.05) is 51.1 Å². The predicted molar refractivity (Wildman–Crippen MR) is 97.4 cm³/mol. The Morgan fingerprint density at radius 2 is 1.88 bits per heavy atom. The summed E-state index contributed by atoms with van der Waals surface area (Å²) in [6, 6.07) is 9.73. The summed E-state index contributed by atoms with van der Waals surface area (Å²) in [6.07, 6.45) is 1.65. The maximum absolute atomic E-state index is 12.6. The Morgan fingerprint density at radius 1 is 1.20 bits per heavy atom. The molecule has 3 aromatic rings. The van der Waals surface area contributed by atoms with Gasteiger partial charge in [0, 0.05) is 18.6 Å². The Bertz CT molecular complexity index is 983. The van der Waals surface area contributed by atoms with Gasteiger partial charge in [-0.15, -0.1) is 0 Å². The number of aryl methyl sites for hydroxylation is 3. The summed E-state index contributed by atoms with van der Waals surface area (Å²) in [5.74, 6) is -0.201. The fraction of sp³-hybridized carbons (Fsp3) is 0.316. The minimum atomic E-state index is -0.210. The van der Waals surface area contributed by atoms with Gasteiger partial charge in [0.2, 0.25) is 5.91 Å². The van der Waals surface area contributed by atoms with Crippen molar-refractivity contribution >= 4 is 16.8 Å². The van der Waals surface area contributed by atoms with Crippen molar-refractivity contribution in [3.8, 4) is 0 Å². The average molecular weight is 338 g/mol. The van der Waals surface area contributed by atoms with Gasteiger partial charge < -0.3 is 9.88 Å². The molecule has 6 heteroatoms. The lowest BCUT2D eigenvalue weighted by Gasteiger charge is -2.15. The highest BCUT2D eigenvalue weighted by Crippen LogP contribution is 2.14. The topological polar surface area (TPSA) is 68.9 Å². The zero-order valence-electron chi connectivity index (χ0n) is 14.9. The maximum Gasteiger partial charge on any atom is 0.277 e. The van der Waals surface area contributed by atoms with E-state index in [0.29, 0.717) is 5.52 Å². The van der Waals surface area contributed by atoms with Gasteiger partial charge in [-0.05, 0) is 32.4 Å². The number of amides is 1. The van der Waals surface area contributed by atoms with Crippen LogP contribution in [0.15, 0.2) is 41.3 Å². The molecular weight excluding hydrogens is 316 g/mol. The number of nitrogens with zero attached hydrogens (tertiary/aromatic N) is 3. The first kappa shape index (κ1) is 17.0. The molecule has 0 bridgehead atoms. The largest absolute Gasteiger partial charge is 0.348 e. The number of benzene rings is 1. The molecule has 0 aliphatic rings. The van der Waals surface area contributed by atoms with Crippen LogP contribution in [0.1, 0.15) is 29.8 Å². The molecule has 1 amide bonds. The van der Waals surface area contributed by atoms with E-state index in [4.69, 9.17) is 0 Å². The number of fused-ring (bicyclic) bond motifs is 1. The number of carbonyl (C=O) groups is 1. The first-order valence-electron chi connectivity index (χ1n) is 8.25. The summed E-state index contributed by atoms with van der Waals surface area (Å²) < 4.78 is 2.98. The molecule has 0 radical (unpaired) electrons. The van der Waals surface area contributed by atoms with E-state index in [1.54, 1.807) is 17.9 Å². The van der Waals surface area contributed by atoms with Gasteiger partial charge in [-0.1, -0.05) is 29.8 Å². The first-order valence-corrected chi connectivity index (χ1v) is 8.25. The third kappa shape index (κ3) is 3.33. The Balaban J connectivity index is 1.78. The Labute approximate surface area is 146 Å². The number of hydrogen-bond donors (Lipinski definition) is 1. The van der Waals surface area contributed by atoms with Gasteiger partial charge in [0.05, 0.1) is 11.7 Å². The van der Waals surface area contributed by atoms with Crippen molar-refractivity contribution in [2.24, 2.45) is 7.05 Å². The number of hydrogen-bond acceptors (Lipinski definition) is 3. The minimum Gasteiger partial charge on any atom is -0.348 e. The molecule has 2 heterocycles. The molecule has 0 fully saturated rings. The van der Waals surface area contributed by atoms with Crippen molar-refractivity contribution in [1.29, 1.82) is 0 Å². The van der Waals surface area contributed by atoms with Crippen LogP contribution in [0.2, 0.25) is 0 Å². The van der Waals surface area contributed by atoms with E-state index in [9.17, 15) is 9.59 Å². The van der Waals surface area contributed by atoms with Crippen molar-refractivity contribution in [2.45, 2.75) is 33.4 Å². The molecule has 6 nitrogen and oxygen atoms in total. The zero-order valence-corrected chi connectivity index (χ0v) is 14.9. The molecule has 0 saturated carbocycles. The second-order valence-electron chi connectivity index (χ2n) is 6.42. The smallest absolute Gasteiger partial charge is 0.277 e. The van der Waals surface area contributed by atoms with Crippen molar-refractivity contribution in [1.82, 2.24) is 19.7 Å². The summed E-state index contributed by atoms with van der Waals surface area (Å²) >= 11 is 0. The molecule has 130 valence electrons. The van der Waals surface area contributed by atoms with E-state index in [-0.39, 0.29) is 24.1 Å². The Kier molecular flexibility index (Phi) is 4.44. The summed E-state index contributed by atoms with van der Waals surface area (Å²) in [6.45, 7) is 5.80. The lowest BCUT2D eigenvalue weighted by Crippen LogP contribution is -2.34. The monoisotopic (exact) mass is 338 g/mol. The zero-order chi connectivity index (χ0) is 18.1. The number of pyridine rings is 1. The average Bonchev–Trinajstić information content (AvgIpc) is 2.85. The van der Waals surface area contributed by atoms with Crippen LogP contribution >= 0.6 is 0 Å². The molecule has 0 aliphatic carbocycles. The van der Waals surface area contributed by atoms with E-state index < -0.39 is 0 Å². The van der Waals surface area contributed by atoms with Crippen LogP contribution in [0.5, 0.6) is 0 Å². The Hall–Kier alpha value is -2.89. The molecule has 1 unspecified atom stereocenters. The molecular formula is C19H22N4O2. The van der Waals surface area contributed by atoms with Gasteiger partial charge in [0.1, 0.15) is 12.1 Å². The molecule has 0 aliphatic heterocycles. The van der Waals surface area contributed by atoms with Crippen LogP contribution in [0, 0.1) is 13.8 Å². The quantitative estimate of drug-likeness (QED) is 0.793. The van der Waals surface area contributed by atoms with Crippen molar-refractivity contribution in [3.05, 3.63) is 63.7 Å². The minimum absolute atomic E-state index is 0.0186. The van der Waals surface area contributed by atoms with Gasteiger partial charge in [0.15, 0.2) is 0 Å². The number of nitrogens with one attached hydrogen (secondary N) is 1. The fourth-order valence-electron chi connectivity index (χ4n) is 3.00. The summed E-state index contributed by atoms with van der Waals surface area (Å²) in [5, 5.41) is 8.02. The van der Waals surface area contributed by atoms with Gasteiger partial charge in [-0.2, -0.15) is 5.10 Å². The van der Waals surface area contributed by atoms with Crippen LogP contribution in [-0.2, 0) is 18.4 Å².